The van der Waals surface area contributed by atoms with Crippen molar-refractivity contribution in [2.24, 2.45) is 0 Å². The van der Waals surface area contributed by atoms with E-state index < -0.39 is 0 Å². The molecule has 2 nitrogen and oxygen atoms in total. The van der Waals surface area contributed by atoms with Crippen LogP contribution in [0, 0.1) is 24.1 Å². The molecule has 2 rings (SSSR count). The summed E-state index contributed by atoms with van der Waals surface area (Å²) < 4.78 is 14.1. The lowest BCUT2D eigenvalue weighted by Crippen LogP contribution is -2.03. The van der Waals surface area contributed by atoms with Gasteiger partial charge in [-0.25, -0.2) is 4.39 Å². The second-order valence-electron chi connectivity index (χ2n) is 4.25. The van der Waals surface area contributed by atoms with E-state index in [1.807, 2.05) is 25.1 Å². The molecule has 0 aliphatic carbocycles. The topological polar surface area (TPSA) is 35.8 Å². The number of hydrogen-bond donors (Lipinski definition) is 1. The summed E-state index contributed by atoms with van der Waals surface area (Å²) in [5.41, 5.74) is 3.19. The summed E-state index contributed by atoms with van der Waals surface area (Å²) in [7, 11) is 0. The van der Waals surface area contributed by atoms with Crippen molar-refractivity contribution in [3.63, 3.8) is 0 Å². The van der Waals surface area contributed by atoms with E-state index in [4.69, 9.17) is 5.26 Å². The van der Waals surface area contributed by atoms with Crippen molar-refractivity contribution in [1.29, 1.82) is 5.26 Å². The quantitative estimate of drug-likeness (QED) is 0.911. The van der Waals surface area contributed by atoms with Crippen LogP contribution in [0.4, 0.5) is 10.1 Å². The SMILES string of the molecule is Cc1ccc(Br)c(NCc2cc(F)ccc2C#N)c1. The Labute approximate surface area is 120 Å². The lowest BCUT2D eigenvalue weighted by Gasteiger charge is -2.10. The Hall–Kier alpha value is -1.86. The Morgan fingerprint density at radius 3 is 2.79 bits per heavy atom. The lowest BCUT2D eigenvalue weighted by molar-refractivity contribution is 0.625. The maximum atomic E-state index is 13.2. The molecule has 0 saturated carbocycles. The molecule has 0 fully saturated rings. The maximum absolute atomic E-state index is 13.2. The maximum Gasteiger partial charge on any atom is 0.123 e. The van der Waals surface area contributed by atoms with Crippen LogP contribution in [-0.4, -0.2) is 0 Å². The minimum Gasteiger partial charge on any atom is -0.380 e. The number of nitriles is 1. The minimum absolute atomic E-state index is 0.334. The summed E-state index contributed by atoms with van der Waals surface area (Å²) in [6.07, 6.45) is 0. The van der Waals surface area contributed by atoms with Crippen LogP contribution in [0.2, 0.25) is 0 Å². The van der Waals surface area contributed by atoms with E-state index in [1.54, 1.807) is 0 Å². The predicted octanol–water partition coefficient (Wildman–Crippen LogP) is 4.38. The summed E-state index contributed by atoms with van der Waals surface area (Å²) in [4.78, 5) is 0. The molecule has 0 saturated heterocycles. The van der Waals surface area contributed by atoms with E-state index in [1.165, 1.54) is 18.2 Å². The molecule has 4 heteroatoms. The fraction of sp³-hybridized carbons (Fsp3) is 0.133. The van der Waals surface area contributed by atoms with Crippen LogP contribution >= 0.6 is 15.9 Å². The molecule has 0 aromatic heterocycles. The first-order valence-corrected chi connectivity index (χ1v) is 6.58. The van der Waals surface area contributed by atoms with Gasteiger partial charge >= 0.3 is 0 Å². The van der Waals surface area contributed by atoms with Crippen molar-refractivity contribution in [3.8, 4) is 6.07 Å². The molecule has 0 bridgehead atoms. The van der Waals surface area contributed by atoms with Crippen molar-refractivity contribution in [2.75, 3.05) is 5.32 Å². The lowest BCUT2D eigenvalue weighted by atomic mass is 10.1. The first kappa shape index (κ1) is 13.6. The van der Waals surface area contributed by atoms with E-state index in [0.717, 1.165) is 15.7 Å². The van der Waals surface area contributed by atoms with Crippen molar-refractivity contribution < 1.29 is 4.39 Å². The largest absolute Gasteiger partial charge is 0.380 e. The molecular formula is C15H12BrFN2. The molecule has 2 aromatic rings. The summed E-state index contributed by atoms with van der Waals surface area (Å²) in [5.74, 6) is -0.334. The fourth-order valence-electron chi connectivity index (χ4n) is 1.78. The number of benzene rings is 2. The number of nitrogens with zero attached hydrogens (tertiary/aromatic N) is 1. The van der Waals surface area contributed by atoms with Gasteiger partial charge in [-0.2, -0.15) is 5.26 Å². The summed E-state index contributed by atoms with van der Waals surface area (Å²) in [6, 6.07) is 12.2. The van der Waals surface area contributed by atoms with Gasteiger partial charge in [0, 0.05) is 16.7 Å². The number of halogens is 2. The zero-order valence-electron chi connectivity index (χ0n) is 10.4. The molecule has 1 N–H and O–H groups in total. The summed E-state index contributed by atoms with van der Waals surface area (Å²) in [6.45, 7) is 2.41. The molecule has 0 atom stereocenters. The van der Waals surface area contributed by atoms with Crippen LogP contribution in [0.25, 0.3) is 0 Å². The standard InChI is InChI=1S/C15H12BrFN2/c1-10-2-5-14(16)15(6-10)19-9-12-7-13(17)4-3-11(12)8-18/h2-7,19H,9H2,1H3. The van der Waals surface area contributed by atoms with E-state index in [-0.39, 0.29) is 5.82 Å². The van der Waals surface area contributed by atoms with E-state index >= 15 is 0 Å². The van der Waals surface area contributed by atoms with Gasteiger partial charge in [-0.15, -0.1) is 0 Å². The van der Waals surface area contributed by atoms with Gasteiger partial charge in [-0.1, -0.05) is 6.07 Å². The molecule has 2 aromatic carbocycles. The van der Waals surface area contributed by atoms with Gasteiger partial charge < -0.3 is 5.32 Å². The normalized spacial score (nSPS) is 10.0. The molecule has 0 aliphatic rings. The smallest absolute Gasteiger partial charge is 0.123 e. The number of rotatable bonds is 3. The van der Waals surface area contributed by atoms with E-state index in [9.17, 15) is 4.39 Å². The molecular weight excluding hydrogens is 307 g/mol. The zero-order chi connectivity index (χ0) is 13.8. The predicted molar refractivity (Wildman–Crippen MR) is 77.3 cm³/mol. The molecule has 0 amide bonds. The fourth-order valence-corrected chi connectivity index (χ4v) is 2.17. The molecule has 19 heavy (non-hydrogen) atoms. The summed E-state index contributed by atoms with van der Waals surface area (Å²) >= 11 is 3.45. The molecule has 0 aliphatic heterocycles. The highest BCUT2D eigenvalue weighted by Crippen LogP contribution is 2.24. The van der Waals surface area contributed by atoms with Crippen molar-refractivity contribution in [3.05, 3.63) is 63.4 Å². The average molecular weight is 319 g/mol. The Morgan fingerprint density at radius 1 is 1.26 bits per heavy atom. The third kappa shape index (κ3) is 3.33. The highest BCUT2D eigenvalue weighted by molar-refractivity contribution is 9.10. The highest BCUT2D eigenvalue weighted by Gasteiger charge is 2.05. The number of aryl methyl sites for hydroxylation is 1. The van der Waals surface area contributed by atoms with Gasteiger partial charge in [0.15, 0.2) is 0 Å². The second-order valence-corrected chi connectivity index (χ2v) is 5.10. The van der Waals surface area contributed by atoms with Crippen LogP contribution in [0.5, 0.6) is 0 Å². The van der Waals surface area contributed by atoms with Gasteiger partial charge in [0.25, 0.3) is 0 Å². The Kier molecular flexibility index (Phi) is 4.18. The third-order valence-corrected chi connectivity index (χ3v) is 3.47. The number of nitrogens with one attached hydrogen (secondary N) is 1. The van der Waals surface area contributed by atoms with Crippen molar-refractivity contribution in [2.45, 2.75) is 13.5 Å². The number of anilines is 1. The molecule has 0 unspecified atom stereocenters. The van der Waals surface area contributed by atoms with Crippen LogP contribution in [0.1, 0.15) is 16.7 Å². The summed E-state index contributed by atoms with van der Waals surface area (Å²) in [5, 5.41) is 12.2. The first-order valence-electron chi connectivity index (χ1n) is 5.78. The number of hydrogen-bond acceptors (Lipinski definition) is 2. The van der Waals surface area contributed by atoms with Crippen molar-refractivity contribution in [1.82, 2.24) is 0 Å². The van der Waals surface area contributed by atoms with Gasteiger partial charge in [0.05, 0.1) is 11.6 Å². The van der Waals surface area contributed by atoms with E-state index in [2.05, 4.69) is 27.3 Å². The van der Waals surface area contributed by atoms with Crippen LogP contribution in [-0.2, 0) is 6.54 Å². The van der Waals surface area contributed by atoms with Crippen LogP contribution in [0.15, 0.2) is 40.9 Å². The van der Waals surface area contributed by atoms with Gasteiger partial charge in [-0.05, 0) is 64.3 Å². The Bertz CT molecular complexity index is 647. The highest BCUT2D eigenvalue weighted by atomic mass is 79.9. The zero-order valence-corrected chi connectivity index (χ0v) is 12.0. The third-order valence-electron chi connectivity index (χ3n) is 2.78. The average Bonchev–Trinajstić information content (AvgIpc) is 2.40. The second kappa shape index (κ2) is 5.85. The Morgan fingerprint density at radius 2 is 2.05 bits per heavy atom. The van der Waals surface area contributed by atoms with Gasteiger partial charge in [0.2, 0.25) is 0 Å². The van der Waals surface area contributed by atoms with Crippen LogP contribution < -0.4 is 5.32 Å². The Balaban J connectivity index is 2.21. The van der Waals surface area contributed by atoms with Gasteiger partial charge in [0.1, 0.15) is 5.82 Å². The van der Waals surface area contributed by atoms with Crippen LogP contribution in [0.3, 0.4) is 0 Å². The monoisotopic (exact) mass is 318 g/mol. The van der Waals surface area contributed by atoms with Crippen molar-refractivity contribution >= 4 is 21.6 Å². The first-order chi connectivity index (χ1) is 9.10. The molecule has 0 radical (unpaired) electrons. The molecule has 96 valence electrons. The van der Waals surface area contributed by atoms with E-state index in [0.29, 0.717) is 17.7 Å². The molecule has 0 spiro atoms. The minimum atomic E-state index is -0.334. The van der Waals surface area contributed by atoms with Gasteiger partial charge in [-0.3, -0.25) is 0 Å². The molecule has 0 heterocycles.